The van der Waals surface area contributed by atoms with Crippen molar-refractivity contribution in [3.8, 4) is 0 Å². The van der Waals surface area contributed by atoms with E-state index < -0.39 is 9.84 Å². The zero-order chi connectivity index (χ0) is 15.7. The van der Waals surface area contributed by atoms with Crippen molar-refractivity contribution in [2.75, 3.05) is 19.8 Å². The lowest BCUT2D eigenvalue weighted by atomic mass is 9.69. The van der Waals surface area contributed by atoms with E-state index in [4.69, 9.17) is 10.5 Å². The van der Waals surface area contributed by atoms with Gasteiger partial charge in [0.1, 0.15) is 0 Å². The lowest BCUT2D eigenvalue weighted by Crippen LogP contribution is -2.47. The van der Waals surface area contributed by atoms with Crippen LogP contribution in [0.15, 0.2) is 0 Å². The summed E-state index contributed by atoms with van der Waals surface area (Å²) >= 11 is 0. The molecule has 0 bridgehead atoms. The van der Waals surface area contributed by atoms with Crippen LogP contribution >= 0.6 is 0 Å². The lowest BCUT2D eigenvalue weighted by molar-refractivity contribution is 0.0972. The van der Waals surface area contributed by atoms with Gasteiger partial charge in [0.05, 0.1) is 10.5 Å². The zero-order valence-electron chi connectivity index (χ0n) is 13.7. The van der Waals surface area contributed by atoms with Crippen LogP contribution in [-0.2, 0) is 14.6 Å². The Morgan fingerprint density at radius 1 is 1.10 bits per heavy atom. The van der Waals surface area contributed by atoms with Gasteiger partial charge in [0.2, 0.25) is 0 Å². The molecule has 2 aliphatic rings. The summed E-state index contributed by atoms with van der Waals surface area (Å²) in [6.45, 7) is 8.30. The van der Waals surface area contributed by atoms with Crippen molar-refractivity contribution in [3.05, 3.63) is 0 Å². The Balaban J connectivity index is 2.19. The Morgan fingerprint density at radius 3 is 2.24 bits per heavy atom. The quantitative estimate of drug-likeness (QED) is 0.867. The van der Waals surface area contributed by atoms with E-state index in [2.05, 4.69) is 20.8 Å². The third-order valence-corrected chi connectivity index (χ3v) is 8.33. The van der Waals surface area contributed by atoms with Gasteiger partial charge in [-0.25, -0.2) is 8.42 Å². The lowest BCUT2D eigenvalue weighted by Gasteiger charge is -2.42. The average Bonchev–Trinajstić information content (AvgIpc) is 2.46. The van der Waals surface area contributed by atoms with E-state index in [1.54, 1.807) is 0 Å². The van der Waals surface area contributed by atoms with Crippen molar-refractivity contribution in [1.82, 2.24) is 0 Å². The van der Waals surface area contributed by atoms with Crippen molar-refractivity contribution in [2.24, 2.45) is 23.0 Å². The minimum Gasteiger partial charge on any atom is -0.381 e. The molecule has 0 aromatic heterocycles. The fraction of sp³-hybridized carbons (Fsp3) is 1.00. The molecule has 2 rings (SSSR count). The van der Waals surface area contributed by atoms with Crippen molar-refractivity contribution < 1.29 is 13.2 Å². The second-order valence-corrected chi connectivity index (χ2v) is 10.3. The molecule has 2 N–H and O–H groups in total. The molecule has 21 heavy (non-hydrogen) atoms. The summed E-state index contributed by atoms with van der Waals surface area (Å²) in [6, 6.07) is 0. The number of hydrogen-bond donors (Lipinski definition) is 1. The normalized spacial score (nSPS) is 33.0. The van der Waals surface area contributed by atoms with Crippen molar-refractivity contribution in [1.29, 1.82) is 0 Å². The molecule has 0 aromatic carbocycles. The molecule has 0 radical (unpaired) electrons. The van der Waals surface area contributed by atoms with Gasteiger partial charge in [-0.1, -0.05) is 20.8 Å². The van der Waals surface area contributed by atoms with E-state index in [0.717, 1.165) is 19.3 Å². The van der Waals surface area contributed by atoms with Crippen LogP contribution in [0.25, 0.3) is 0 Å². The molecule has 1 saturated heterocycles. The smallest absolute Gasteiger partial charge is 0.156 e. The molecule has 0 amide bonds. The minimum absolute atomic E-state index is 0.136. The fourth-order valence-electron chi connectivity index (χ4n) is 3.90. The second kappa shape index (κ2) is 6.55. The van der Waals surface area contributed by atoms with E-state index in [9.17, 15) is 8.42 Å². The van der Waals surface area contributed by atoms with E-state index >= 15 is 0 Å². The van der Waals surface area contributed by atoms with Crippen LogP contribution < -0.4 is 5.73 Å². The molecule has 0 spiro atoms. The molecule has 1 aliphatic heterocycles. The molecule has 1 saturated carbocycles. The van der Waals surface area contributed by atoms with Gasteiger partial charge < -0.3 is 10.5 Å². The summed E-state index contributed by atoms with van der Waals surface area (Å²) in [6.07, 6.45) is 4.13. The molecule has 1 heterocycles. The first-order valence-electron chi connectivity index (χ1n) is 8.27. The van der Waals surface area contributed by atoms with Crippen LogP contribution in [-0.4, -0.2) is 38.7 Å². The van der Waals surface area contributed by atoms with E-state index in [1.807, 2.05) is 0 Å². The molecular formula is C16H31NO3S. The van der Waals surface area contributed by atoms with Gasteiger partial charge in [-0.3, -0.25) is 0 Å². The van der Waals surface area contributed by atoms with Crippen molar-refractivity contribution >= 4 is 9.84 Å². The summed E-state index contributed by atoms with van der Waals surface area (Å²) in [5.41, 5.74) is 6.05. The Hall–Kier alpha value is -0.130. The first-order chi connectivity index (χ1) is 9.76. The van der Waals surface area contributed by atoms with Gasteiger partial charge in [0.15, 0.2) is 9.84 Å². The molecule has 3 unspecified atom stereocenters. The van der Waals surface area contributed by atoms with E-state index in [1.165, 1.54) is 0 Å². The standard InChI is InChI=1S/C16H31NO3S/c1-16(2,3)13-5-4-12(11-17)15(10-13)21(18,19)14-6-8-20-9-7-14/h12-15H,4-11,17H2,1-3H3. The second-order valence-electron chi connectivity index (χ2n) is 7.81. The topological polar surface area (TPSA) is 69.4 Å². The third-order valence-electron chi connectivity index (χ3n) is 5.51. The van der Waals surface area contributed by atoms with Crippen molar-refractivity contribution in [2.45, 2.75) is 63.4 Å². The fourth-order valence-corrected chi connectivity index (χ4v) is 6.53. The Morgan fingerprint density at radius 2 is 1.71 bits per heavy atom. The Bertz CT molecular complexity index is 435. The number of ether oxygens (including phenoxy) is 1. The predicted molar refractivity (Wildman–Crippen MR) is 85.9 cm³/mol. The number of rotatable bonds is 3. The molecule has 1 aliphatic carbocycles. The Kier molecular flexibility index (Phi) is 5.37. The molecule has 3 atom stereocenters. The van der Waals surface area contributed by atoms with Crippen LogP contribution in [0, 0.1) is 17.3 Å². The van der Waals surface area contributed by atoms with Gasteiger partial charge in [-0.2, -0.15) is 0 Å². The summed E-state index contributed by atoms with van der Waals surface area (Å²) in [5, 5.41) is -0.465. The first-order valence-corrected chi connectivity index (χ1v) is 9.88. The van der Waals surface area contributed by atoms with Gasteiger partial charge in [-0.15, -0.1) is 0 Å². The van der Waals surface area contributed by atoms with Crippen molar-refractivity contribution in [3.63, 3.8) is 0 Å². The molecule has 5 heteroatoms. The summed E-state index contributed by atoms with van der Waals surface area (Å²) in [7, 11) is -3.10. The average molecular weight is 317 g/mol. The maximum absolute atomic E-state index is 13.1. The maximum atomic E-state index is 13.1. The number of sulfone groups is 1. The van der Waals surface area contributed by atoms with Crippen LogP contribution in [0.2, 0.25) is 0 Å². The van der Waals surface area contributed by atoms with Crippen LogP contribution in [0.3, 0.4) is 0 Å². The Labute approximate surface area is 129 Å². The van der Waals surface area contributed by atoms with Gasteiger partial charge in [0, 0.05) is 13.2 Å². The third kappa shape index (κ3) is 3.80. The first kappa shape index (κ1) is 17.2. The van der Waals surface area contributed by atoms with E-state index in [-0.39, 0.29) is 21.8 Å². The highest BCUT2D eigenvalue weighted by molar-refractivity contribution is 7.92. The van der Waals surface area contributed by atoms with Gasteiger partial charge >= 0.3 is 0 Å². The largest absolute Gasteiger partial charge is 0.381 e. The molecule has 0 aromatic rings. The van der Waals surface area contributed by atoms with Crippen LogP contribution in [0.4, 0.5) is 0 Å². The highest BCUT2D eigenvalue weighted by atomic mass is 32.2. The highest BCUT2D eigenvalue weighted by Crippen LogP contribution is 2.43. The minimum atomic E-state index is -3.10. The molecular weight excluding hydrogens is 286 g/mol. The maximum Gasteiger partial charge on any atom is 0.156 e. The SMILES string of the molecule is CC(C)(C)C1CCC(CN)C(S(=O)(=O)C2CCOCC2)C1. The molecule has 124 valence electrons. The van der Waals surface area contributed by atoms with E-state index in [0.29, 0.717) is 38.5 Å². The van der Waals surface area contributed by atoms with Gasteiger partial charge in [0.25, 0.3) is 0 Å². The molecule has 2 fully saturated rings. The number of nitrogens with two attached hydrogens (primary N) is 1. The van der Waals surface area contributed by atoms with Crippen LogP contribution in [0.5, 0.6) is 0 Å². The molecule has 4 nitrogen and oxygen atoms in total. The van der Waals surface area contributed by atoms with Crippen LogP contribution in [0.1, 0.15) is 52.9 Å². The monoisotopic (exact) mass is 317 g/mol. The highest BCUT2D eigenvalue weighted by Gasteiger charge is 2.44. The predicted octanol–water partition coefficient (Wildman–Crippen LogP) is 2.37. The summed E-state index contributed by atoms with van der Waals surface area (Å²) in [4.78, 5) is 0. The summed E-state index contributed by atoms with van der Waals surface area (Å²) < 4.78 is 31.5. The zero-order valence-corrected chi connectivity index (χ0v) is 14.5. The number of hydrogen-bond acceptors (Lipinski definition) is 4. The van der Waals surface area contributed by atoms with Gasteiger partial charge in [-0.05, 0) is 55.9 Å². The summed E-state index contributed by atoms with van der Waals surface area (Å²) in [5.74, 6) is 0.608.